The van der Waals surface area contributed by atoms with Crippen LogP contribution in [-0.4, -0.2) is 41.0 Å². The van der Waals surface area contributed by atoms with Gasteiger partial charge in [0.25, 0.3) is 0 Å². The molecule has 140 valence electrons. The van der Waals surface area contributed by atoms with Crippen molar-refractivity contribution in [3.63, 3.8) is 0 Å². The van der Waals surface area contributed by atoms with Gasteiger partial charge in [-0.25, -0.2) is 4.98 Å². The van der Waals surface area contributed by atoms with Crippen LogP contribution >= 0.6 is 11.3 Å². The van der Waals surface area contributed by atoms with Gasteiger partial charge in [-0.1, -0.05) is 6.07 Å². The minimum atomic E-state index is 0.756. The standard InChI is InChI=1S/C20H29N5S/c1-4-21-20(22-12-11-16-10-9-15(2)23-13-16)25(3)14-19-24-17-7-5-6-8-18(17)26-19/h9-10,13H,4-8,11-12,14H2,1-3H3,(H,21,22). The minimum absolute atomic E-state index is 0.756. The zero-order valence-electron chi connectivity index (χ0n) is 16.1. The van der Waals surface area contributed by atoms with Crippen molar-refractivity contribution in [1.82, 2.24) is 20.2 Å². The predicted molar refractivity (Wildman–Crippen MR) is 109 cm³/mol. The van der Waals surface area contributed by atoms with E-state index in [1.54, 1.807) is 0 Å². The average molecular weight is 372 g/mol. The molecule has 0 radical (unpaired) electrons. The van der Waals surface area contributed by atoms with Gasteiger partial charge in [-0.05, 0) is 57.6 Å². The van der Waals surface area contributed by atoms with Crippen molar-refractivity contribution >= 4 is 17.3 Å². The van der Waals surface area contributed by atoms with Crippen LogP contribution in [0.25, 0.3) is 0 Å². The van der Waals surface area contributed by atoms with Crippen LogP contribution in [0, 0.1) is 6.92 Å². The molecule has 1 N–H and O–H groups in total. The monoisotopic (exact) mass is 371 g/mol. The first kappa shape index (κ1) is 18.8. The van der Waals surface area contributed by atoms with E-state index in [-0.39, 0.29) is 0 Å². The topological polar surface area (TPSA) is 53.4 Å². The molecule has 2 heterocycles. The van der Waals surface area contributed by atoms with Gasteiger partial charge < -0.3 is 10.2 Å². The second-order valence-corrected chi connectivity index (χ2v) is 8.00. The van der Waals surface area contributed by atoms with Gasteiger partial charge >= 0.3 is 0 Å². The molecule has 0 aromatic carbocycles. The van der Waals surface area contributed by atoms with Gasteiger partial charge in [0, 0.05) is 36.9 Å². The second kappa shape index (κ2) is 9.12. The maximum Gasteiger partial charge on any atom is 0.194 e. The van der Waals surface area contributed by atoms with E-state index in [4.69, 9.17) is 9.98 Å². The number of hydrogen-bond acceptors (Lipinski definition) is 4. The summed E-state index contributed by atoms with van der Waals surface area (Å²) in [5, 5.41) is 4.60. The smallest absolute Gasteiger partial charge is 0.194 e. The largest absolute Gasteiger partial charge is 0.357 e. The van der Waals surface area contributed by atoms with E-state index in [2.05, 4.69) is 41.3 Å². The molecule has 0 saturated carbocycles. The number of hydrogen-bond donors (Lipinski definition) is 1. The molecule has 0 saturated heterocycles. The van der Waals surface area contributed by atoms with Crippen molar-refractivity contribution in [3.8, 4) is 0 Å². The number of aryl methyl sites for hydroxylation is 3. The number of aromatic nitrogens is 2. The lowest BCUT2D eigenvalue weighted by Crippen LogP contribution is -2.38. The number of thiazole rings is 1. The first-order chi connectivity index (χ1) is 12.7. The van der Waals surface area contributed by atoms with Crippen molar-refractivity contribution in [2.75, 3.05) is 20.1 Å². The number of nitrogens with zero attached hydrogens (tertiary/aromatic N) is 4. The lowest BCUT2D eigenvalue weighted by molar-refractivity contribution is 0.475. The fourth-order valence-corrected chi connectivity index (χ4v) is 4.37. The lowest BCUT2D eigenvalue weighted by Gasteiger charge is -2.21. The summed E-state index contributed by atoms with van der Waals surface area (Å²) in [6.07, 6.45) is 7.79. The Labute approximate surface area is 160 Å². The third-order valence-electron chi connectivity index (χ3n) is 4.59. The zero-order valence-corrected chi connectivity index (χ0v) is 16.9. The highest BCUT2D eigenvalue weighted by Crippen LogP contribution is 2.27. The number of fused-ring (bicyclic) bond motifs is 1. The van der Waals surface area contributed by atoms with E-state index >= 15 is 0 Å². The number of nitrogens with one attached hydrogen (secondary N) is 1. The molecule has 2 aromatic heterocycles. The molecule has 0 aliphatic heterocycles. The van der Waals surface area contributed by atoms with Crippen LogP contribution in [0.1, 0.15) is 46.6 Å². The minimum Gasteiger partial charge on any atom is -0.357 e. The molecule has 3 rings (SSSR count). The van der Waals surface area contributed by atoms with Crippen LogP contribution in [0.2, 0.25) is 0 Å². The fraction of sp³-hybridized carbons (Fsp3) is 0.550. The molecule has 0 atom stereocenters. The maximum atomic E-state index is 4.86. The molecular weight excluding hydrogens is 342 g/mol. The van der Waals surface area contributed by atoms with Gasteiger partial charge in [0.1, 0.15) is 5.01 Å². The Morgan fingerprint density at radius 1 is 1.31 bits per heavy atom. The van der Waals surface area contributed by atoms with Crippen molar-refractivity contribution in [1.29, 1.82) is 0 Å². The average Bonchev–Trinajstić information content (AvgIpc) is 3.04. The van der Waals surface area contributed by atoms with Crippen LogP contribution in [-0.2, 0) is 25.8 Å². The van der Waals surface area contributed by atoms with Gasteiger partial charge in [0.2, 0.25) is 0 Å². The van der Waals surface area contributed by atoms with E-state index < -0.39 is 0 Å². The molecule has 0 amide bonds. The molecule has 6 heteroatoms. The third kappa shape index (κ3) is 5.04. The summed E-state index contributed by atoms with van der Waals surface area (Å²) in [4.78, 5) is 17.7. The van der Waals surface area contributed by atoms with Gasteiger partial charge in [0.15, 0.2) is 5.96 Å². The molecular formula is C20H29N5S. The summed E-state index contributed by atoms with van der Waals surface area (Å²) in [5.74, 6) is 0.945. The molecule has 5 nitrogen and oxygen atoms in total. The summed E-state index contributed by atoms with van der Waals surface area (Å²) in [5.41, 5.74) is 3.61. The summed E-state index contributed by atoms with van der Waals surface area (Å²) in [6.45, 7) is 6.55. The molecule has 0 unspecified atom stereocenters. The molecule has 0 bridgehead atoms. The second-order valence-electron chi connectivity index (χ2n) is 6.83. The van der Waals surface area contributed by atoms with Crippen molar-refractivity contribution in [3.05, 3.63) is 45.2 Å². The maximum absolute atomic E-state index is 4.86. The van der Waals surface area contributed by atoms with Crippen molar-refractivity contribution in [2.24, 2.45) is 4.99 Å². The third-order valence-corrected chi connectivity index (χ3v) is 5.74. The van der Waals surface area contributed by atoms with Crippen LogP contribution in [0.4, 0.5) is 0 Å². The van der Waals surface area contributed by atoms with Crippen LogP contribution < -0.4 is 5.32 Å². The molecule has 0 spiro atoms. The quantitative estimate of drug-likeness (QED) is 0.625. The Bertz CT molecular complexity index is 712. The van der Waals surface area contributed by atoms with Gasteiger partial charge in [0.05, 0.1) is 12.2 Å². The fourth-order valence-electron chi connectivity index (χ4n) is 3.16. The Hall–Kier alpha value is -1.95. The van der Waals surface area contributed by atoms with E-state index in [1.165, 1.54) is 40.4 Å². The van der Waals surface area contributed by atoms with Crippen molar-refractivity contribution < 1.29 is 0 Å². The predicted octanol–water partition coefficient (Wildman–Crippen LogP) is 3.37. The SMILES string of the molecule is CCNC(=NCCc1ccc(C)nc1)N(C)Cc1nc2c(s1)CCCC2. The molecule has 0 fully saturated rings. The van der Waals surface area contributed by atoms with Crippen molar-refractivity contribution in [2.45, 2.75) is 52.5 Å². The zero-order chi connectivity index (χ0) is 18.4. The Kier molecular flexibility index (Phi) is 6.61. The van der Waals surface area contributed by atoms with Gasteiger partial charge in [-0.15, -0.1) is 11.3 Å². The van der Waals surface area contributed by atoms with E-state index in [1.807, 2.05) is 24.5 Å². The normalized spacial score (nSPS) is 14.2. The van der Waals surface area contributed by atoms with E-state index in [0.717, 1.165) is 44.1 Å². The Balaban J connectivity index is 1.60. The Morgan fingerprint density at radius 2 is 2.15 bits per heavy atom. The van der Waals surface area contributed by atoms with Gasteiger partial charge in [-0.2, -0.15) is 0 Å². The molecule has 26 heavy (non-hydrogen) atoms. The number of guanidine groups is 1. The first-order valence-corrected chi connectivity index (χ1v) is 10.4. The highest BCUT2D eigenvalue weighted by molar-refractivity contribution is 7.11. The highest BCUT2D eigenvalue weighted by atomic mass is 32.1. The molecule has 1 aliphatic carbocycles. The summed E-state index contributed by atoms with van der Waals surface area (Å²) in [6, 6.07) is 4.19. The van der Waals surface area contributed by atoms with Gasteiger partial charge in [-0.3, -0.25) is 9.98 Å². The molecule has 2 aromatic rings. The Morgan fingerprint density at radius 3 is 2.88 bits per heavy atom. The molecule has 1 aliphatic rings. The number of rotatable bonds is 6. The van der Waals surface area contributed by atoms with Crippen LogP contribution in [0.15, 0.2) is 23.3 Å². The summed E-state index contributed by atoms with van der Waals surface area (Å²) in [7, 11) is 2.09. The summed E-state index contributed by atoms with van der Waals surface area (Å²) < 4.78 is 0. The first-order valence-electron chi connectivity index (χ1n) is 9.54. The number of pyridine rings is 1. The van der Waals surface area contributed by atoms with E-state index in [9.17, 15) is 0 Å². The lowest BCUT2D eigenvalue weighted by atomic mass is 10.0. The van der Waals surface area contributed by atoms with E-state index in [0.29, 0.717) is 0 Å². The highest BCUT2D eigenvalue weighted by Gasteiger charge is 2.16. The van der Waals surface area contributed by atoms with Crippen LogP contribution in [0.5, 0.6) is 0 Å². The van der Waals surface area contributed by atoms with Crippen LogP contribution in [0.3, 0.4) is 0 Å². The number of aliphatic imine (C=N–C) groups is 1. The summed E-state index contributed by atoms with van der Waals surface area (Å²) >= 11 is 1.88.